The van der Waals surface area contributed by atoms with Crippen molar-refractivity contribution >= 4 is 20.8 Å². The van der Waals surface area contributed by atoms with E-state index in [0.717, 1.165) is 11.8 Å². The lowest BCUT2D eigenvalue weighted by molar-refractivity contribution is 0.174. The molecule has 0 aliphatic rings. The van der Waals surface area contributed by atoms with E-state index in [4.69, 9.17) is 0 Å². The van der Waals surface area contributed by atoms with E-state index in [1.807, 2.05) is 30.3 Å². The summed E-state index contributed by atoms with van der Waals surface area (Å²) in [6, 6.07) is 13.0. The first-order valence-corrected chi connectivity index (χ1v) is 10.3. The first kappa shape index (κ1) is 20.3. The highest BCUT2D eigenvalue weighted by atomic mass is 32.2. The minimum Gasteiger partial charge on any atom is -0.387 e. The zero-order valence-corrected chi connectivity index (χ0v) is 16.2. The molecule has 0 radical (unpaired) electrons. The van der Waals surface area contributed by atoms with Crippen LogP contribution in [0.3, 0.4) is 0 Å². The number of aromatic nitrogens is 1. The van der Waals surface area contributed by atoms with Crippen molar-refractivity contribution in [3.05, 3.63) is 72.3 Å². The standard InChI is InChI=1S/C20H22FN3O3S/c1-14(10-22-13-20(25)15-5-3-2-4-6-15)24-28(26,27)17-8-7-16-11-23-12-19(21)18(16)9-17/h2-9,11-12,14,20,22,24-25H,10,13H2,1H3/t14-,20?/m1/s1. The van der Waals surface area contributed by atoms with Crippen LogP contribution in [0.5, 0.6) is 0 Å². The van der Waals surface area contributed by atoms with Gasteiger partial charge in [-0.1, -0.05) is 36.4 Å². The van der Waals surface area contributed by atoms with Crippen LogP contribution in [-0.2, 0) is 10.0 Å². The molecule has 0 saturated heterocycles. The number of fused-ring (bicyclic) bond motifs is 1. The zero-order valence-electron chi connectivity index (χ0n) is 15.3. The van der Waals surface area contributed by atoms with Crippen molar-refractivity contribution in [1.29, 1.82) is 0 Å². The molecule has 1 unspecified atom stereocenters. The largest absolute Gasteiger partial charge is 0.387 e. The fraction of sp³-hybridized carbons (Fsp3) is 0.250. The van der Waals surface area contributed by atoms with Crippen molar-refractivity contribution in [3.8, 4) is 0 Å². The molecule has 6 nitrogen and oxygen atoms in total. The van der Waals surface area contributed by atoms with Gasteiger partial charge in [-0.3, -0.25) is 4.98 Å². The summed E-state index contributed by atoms with van der Waals surface area (Å²) in [5.41, 5.74) is 0.788. The molecule has 0 aliphatic carbocycles. The number of nitrogens with one attached hydrogen (secondary N) is 2. The average molecular weight is 403 g/mol. The third-order valence-corrected chi connectivity index (χ3v) is 5.91. The number of nitrogens with zero attached hydrogens (tertiary/aromatic N) is 1. The van der Waals surface area contributed by atoms with E-state index in [-0.39, 0.29) is 10.3 Å². The Morgan fingerprint density at radius 1 is 1.11 bits per heavy atom. The predicted octanol–water partition coefficient (Wildman–Crippen LogP) is 2.36. The summed E-state index contributed by atoms with van der Waals surface area (Å²) >= 11 is 0. The van der Waals surface area contributed by atoms with Crippen molar-refractivity contribution in [1.82, 2.24) is 15.0 Å². The number of sulfonamides is 1. The van der Waals surface area contributed by atoms with Gasteiger partial charge in [0.15, 0.2) is 0 Å². The van der Waals surface area contributed by atoms with Crippen LogP contribution in [0.25, 0.3) is 10.8 Å². The van der Waals surface area contributed by atoms with Gasteiger partial charge in [-0.05, 0) is 24.6 Å². The lowest BCUT2D eigenvalue weighted by Crippen LogP contribution is -2.40. The number of halogens is 1. The second kappa shape index (κ2) is 8.74. The van der Waals surface area contributed by atoms with Gasteiger partial charge in [0.05, 0.1) is 17.2 Å². The molecule has 0 amide bonds. The van der Waals surface area contributed by atoms with Gasteiger partial charge in [-0.2, -0.15) is 0 Å². The molecule has 1 aromatic heterocycles. The van der Waals surface area contributed by atoms with Crippen LogP contribution < -0.4 is 10.0 Å². The zero-order chi connectivity index (χ0) is 20.1. The van der Waals surface area contributed by atoms with Crippen LogP contribution in [0.1, 0.15) is 18.6 Å². The molecule has 0 fully saturated rings. The molecule has 1 heterocycles. The van der Waals surface area contributed by atoms with Gasteiger partial charge in [0.25, 0.3) is 0 Å². The Hall–Kier alpha value is -2.39. The third kappa shape index (κ3) is 4.90. The van der Waals surface area contributed by atoms with E-state index in [2.05, 4.69) is 15.0 Å². The first-order chi connectivity index (χ1) is 13.4. The number of hydrogen-bond acceptors (Lipinski definition) is 5. The Labute approximate surface area is 163 Å². The number of rotatable bonds is 8. The molecule has 0 aliphatic heterocycles. The molecular weight excluding hydrogens is 381 g/mol. The monoisotopic (exact) mass is 403 g/mol. The molecule has 0 spiro atoms. The van der Waals surface area contributed by atoms with Crippen LogP contribution in [-0.4, -0.2) is 37.6 Å². The number of pyridine rings is 1. The molecule has 2 aromatic carbocycles. The Balaban J connectivity index is 1.60. The average Bonchev–Trinajstić information content (AvgIpc) is 2.68. The molecule has 3 N–H and O–H groups in total. The highest BCUT2D eigenvalue weighted by molar-refractivity contribution is 7.89. The van der Waals surface area contributed by atoms with E-state index in [9.17, 15) is 17.9 Å². The molecule has 148 valence electrons. The fourth-order valence-electron chi connectivity index (χ4n) is 2.88. The Morgan fingerprint density at radius 3 is 2.61 bits per heavy atom. The van der Waals surface area contributed by atoms with E-state index in [1.54, 1.807) is 6.92 Å². The fourth-order valence-corrected chi connectivity index (χ4v) is 4.15. The highest BCUT2D eigenvalue weighted by Gasteiger charge is 2.18. The number of aliphatic hydroxyl groups excluding tert-OH is 1. The molecular formula is C20H22FN3O3S. The molecule has 3 rings (SSSR count). The van der Waals surface area contributed by atoms with Crippen LogP contribution in [0, 0.1) is 5.82 Å². The van der Waals surface area contributed by atoms with Crippen LogP contribution in [0.4, 0.5) is 4.39 Å². The maximum atomic E-state index is 13.9. The minimum atomic E-state index is -3.81. The summed E-state index contributed by atoms with van der Waals surface area (Å²) < 4.78 is 41.6. The Morgan fingerprint density at radius 2 is 1.86 bits per heavy atom. The van der Waals surface area contributed by atoms with E-state index in [0.29, 0.717) is 18.5 Å². The summed E-state index contributed by atoms with van der Waals surface area (Å²) in [6.45, 7) is 2.34. The normalized spacial score (nSPS) is 14.1. The summed E-state index contributed by atoms with van der Waals surface area (Å²) in [7, 11) is -3.81. The summed E-state index contributed by atoms with van der Waals surface area (Å²) in [5, 5.41) is 13.9. The Kier molecular flexibility index (Phi) is 6.35. The van der Waals surface area contributed by atoms with E-state index >= 15 is 0 Å². The number of benzene rings is 2. The maximum Gasteiger partial charge on any atom is 0.240 e. The Bertz CT molecular complexity index is 1050. The smallest absolute Gasteiger partial charge is 0.240 e. The second-order valence-electron chi connectivity index (χ2n) is 6.61. The van der Waals surface area contributed by atoms with Gasteiger partial charge in [-0.15, -0.1) is 0 Å². The lowest BCUT2D eigenvalue weighted by atomic mass is 10.1. The van der Waals surface area contributed by atoms with Crippen molar-refractivity contribution in [2.45, 2.75) is 24.0 Å². The quantitative estimate of drug-likeness (QED) is 0.537. The summed E-state index contributed by atoms with van der Waals surface area (Å²) in [6.07, 6.45) is 1.85. The first-order valence-electron chi connectivity index (χ1n) is 8.86. The van der Waals surface area contributed by atoms with Crippen LogP contribution in [0.2, 0.25) is 0 Å². The molecule has 28 heavy (non-hydrogen) atoms. The third-order valence-electron chi connectivity index (χ3n) is 4.32. The summed E-state index contributed by atoms with van der Waals surface area (Å²) in [5.74, 6) is -0.570. The topological polar surface area (TPSA) is 91.3 Å². The molecule has 3 aromatic rings. The van der Waals surface area contributed by atoms with E-state index in [1.165, 1.54) is 24.4 Å². The SMILES string of the molecule is C[C@H](CNCC(O)c1ccccc1)NS(=O)(=O)c1ccc2cncc(F)c2c1. The molecule has 8 heteroatoms. The number of aliphatic hydroxyl groups is 1. The van der Waals surface area contributed by atoms with Gasteiger partial charge in [0.2, 0.25) is 10.0 Å². The van der Waals surface area contributed by atoms with Crippen molar-refractivity contribution in [2.75, 3.05) is 13.1 Å². The minimum absolute atomic E-state index is 0.0127. The van der Waals surface area contributed by atoms with Gasteiger partial charge < -0.3 is 10.4 Å². The van der Waals surface area contributed by atoms with Crippen molar-refractivity contribution in [2.24, 2.45) is 0 Å². The lowest BCUT2D eigenvalue weighted by Gasteiger charge is -2.17. The van der Waals surface area contributed by atoms with Crippen molar-refractivity contribution < 1.29 is 17.9 Å². The van der Waals surface area contributed by atoms with Crippen LogP contribution in [0.15, 0.2) is 65.8 Å². The number of hydrogen-bond donors (Lipinski definition) is 3. The van der Waals surface area contributed by atoms with Gasteiger partial charge in [0.1, 0.15) is 5.82 Å². The maximum absolute atomic E-state index is 13.9. The molecule has 0 saturated carbocycles. The summed E-state index contributed by atoms with van der Waals surface area (Å²) in [4.78, 5) is 3.74. The van der Waals surface area contributed by atoms with Crippen LogP contribution >= 0.6 is 0 Å². The van der Waals surface area contributed by atoms with Gasteiger partial charge in [0, 0.05) is 36.1 Å². The second-order valence-corrected chi connectivity index (χ2v) is 8.33. The van der Waals surface area contributed by atoms with Gasteiger partial charge >= 0.3 is 0 Å². The highest BCUT2D eigenvalue weighted by Crippen LogP contribution is 2.21. The van der Waals surface area contributed by atoms with Gasteiger partial charge in [-0.25, -0.2) is 17.5 Å². The van der Waals surface area contributed by atoms with E-state index < -0.39 is 28.0 Å². The van der Waals surface area contributed by atoms with Crippen molar-refractivity contribution in [3.63, 3.8) is 0 Å². The predicted molar refractivity (Wildman–Crippen MR) is 106 cm³/mol. The molecule has 0 bridgehead atoms. The molecule has 2 atom stereocenters.